The predicted molar refractivity (Wildman–Crippen MR) is 135 cm³/mol. The number of carbonyl (C=O) groups excluding carboxylic acids is 2. The summed E-state index contributed by atoms with van der Waals surface area (Å²) in [5, 5.41) is 6.46. The summed E-state index contributed by atoms with van der Waals surface area (Å²) in [5.41, 5.74) is 3.63. The third-order valence-electron chi connectivity index (χ3n) is 6.20. The fraction of sp³-hybridized carbons (Fsp3) is 0.423. The van der Waals surface area contributed by atoms with E-state index in [1.54, 1.807) is 4.90 Å². The van der Waals surface area contributed by atoms with Gasteiger partial charge in [0.15, 0.2) is 11.7 Å². The molecule has 180 valence electrons. The normalized spacial score (nSPS) is 16.5. The van der Waals surface area contributed by atoms with Crippen molar-refractivity contribution < 1.29 is 14.3 Å². The summed E-state index contributed by atoms with van der Waals surface area (Å²) in [6.07, 6.45) is 0.591. The fourth-order valence-corrected chi connectivity index (χ4v) is 4.17. The van der Waals surface area contributed by atoms with E-state index < -0.39 is 0 Å². The number of guanidine groups is 1. The van der Waals surface area contributed by atoms with Gasteiger partial charge in [0.05, 0.1) is 13.2 Å². The second-order valence-electron chi connectivity index (χ2n) is 8.63. The van der Waals surface area contributed by atoms with Gasteiger partial charge in [0.1, 0.15) is 0 Å². The van der Waals surface area contributed by atoms with E-state index in [1.165, 1.54) is 0 Å². The maximum Gasteiger partial charge on any atom is 0.409 e. The second-order valence-corrected chi connectivity index (χ2v) is 8.63. The molecular weight excluding hydrogens is 430 g/mol. The second kappa shape index (κ2) is 11.0. The van der Waals surface area contributed by atoms with Crippen LogP contribution in [0.4, 0.5) is 16.2 Å². The number of ether oxygens (including phenoxy) is 1. The minimum atomic E-state index is -0.260. The number of Topliss-reactive ketones (excluding diaryl/α,β-unsaturated/α-hetero) is 1. The molecule has 8 nitrogen and oxygen atoms in total. The lowest BCUT2D eigenvalue weighted by atomic mass is 9.92. The molecule has 1 amide bonds. The van der Waals surface area contributed by atoms with Crippen molar-refractivity contribution in [3.8, 4) is 0 Å². The summed E-state index contributed by atoms with van der Waals surface area (Å²) in [6.45, 7) is 8.74. The highest BCUT2D eigenvalue weighted by molar-refractivity contribution is 6.01. The van der Waals surface area contributed by atoms with Crippen LogP contribution in [0.15, 0.2) is 53.5 Å². The van der Waals surface area contributed by atoms with Gasteiger partial charge < -0.3 is 25.2 Å². The average molecular weight is 464 g/mol. The molecule has 0 aliphatic carbocycles. The highest BCUT2D eigenvalue weighted by atomic mass is 16.6. The summed E-state index contributed by atoms with van der Waals surface area (Å²) >= 11 is 0. The number of ketones is 1. The molecule has 4 rings (SSSR count). The molecule has 0 aromatic heterocycles. The Labute approximate surface area is 201 Å². The highest BCUT2D eigenvalue weighted by Crippen LogP contribution is 2.25. The minimum Gasteiger partial charge on any atom is -0.449 e. The van der Waals surface area contributed by atoms with E-state index >= 15 is 0 Å². The molecule has 1 atom stereocenters. The number of hydrogen-bond acceptors (Lipinski definition) is 7. The van der Waals surface area contributed by atoms with Crippen molar-refractivity contribution >= 4 is 29.2 Å². The van der Waals surface area contributed by atoms with Crippen LogP contribution in [-0.2, 0) is 4.74 Å². The van der Waals surface area contributed by atoms with Crippen LogP contribution in [0.5, 0.6) is 0 Å². The van der Waals surface area contributed by atoms with Gasteiger partial charge in [0.2, 0.25) is 0 Å². The summed E-state index contributed by atoms with van der Waals surface area (Å²) in [5.74, 6) is 0.595. The van der Waals surface area contributed by atoms with E-state index in [9.17, 15) is 9.59 Å². The molecule has 0 bridgehead atoms. The number of nitrogens with one attached hydrogen (secondary N) is 2. The van der Waals surface area contributed by atoms with Crippen molar-refractivity contribution in [2.24, 2.45) is 4.99 Å². The smallest absolute Gasteiger partial charge is 0.409 e. The topological polar surface area (TPSA) is 86.3 Å². The zero-order chi connectivity index (χ0) is 23.9. The standard InChI is InChI=1S/C26H33N5O3/c1-3-17-34-26(33)31-15-13-30(14-16-31)23-9-7-20(8-10-23)24(32)19(2)21-5-4-6-22(18-21)29-25-27-11-12-28-25/h4-10,18-19H,3,11-17H2,1-2H3,(H2,27,28,29). The first-order chi connectivity index (χ1) is 16.5. The molecule has 34 heavy (non-hydrogen) atoms. The molecule has 0 saturated carbocycles. The van der Waals surface area contributed by atoms with Gasteiger partial charge in [0, 0.05) is 55.6 Å². The van der Waals surface area contributed by atoms with Crippen LogP contribution in [0.1, 0.15) is 42.1 Å². The Morgan fingerprint density at radius 1 is 1.12 bits per heavy atom. The van der Waals surface area contributed by atoms with Crippen molar-refractivity contribution in [3.63, 3.8) is 0 Å². The van der Waals surface area contributed by atoms with Gasteiger partial charge in [-0.3, -0.25) is 9.79 Å². The molecule has 2 aliphatic rings. The largest absolute Gasteiger partial charge is 0.449 e. The lowest BCUT2D eigenvalue weighted by Crippen LogP contribution is -2.49. The zero-order valence-electron chi connectivity index (χ0n) is 19.9. The van der Waals surface area contributed by atoms with Crippen LogP contribution in [0.2, 0.25) is 0 Å². The fourth-order valence-electron chi connectivity index (χ4n) is 4.17. The van der Waals surface area contributed by atoms with Gasteiger partial charge in [-0.1, -0.05) is 26.0 Å². The first kappa shape index (κ1) is 23.6. The lowest BCUT2D eigenvalue weighted by molar-refractivity contribution is 0.0964. The average Bonchev–Trinajstić information content (AvgIpc) is 3.40. The molecule has 0 radical (unpaired) electrons. The van der Waals surface area contributed by atoms with Gasteiger partial charge in [-0.15, -0.1) is 0 Å². The van der Waals surface area contributed by atoms with E-state index in [1.807, 2.05) is 62.4 Å². The number of benzene rings is 2. The monoisotopic (exact) mass is 463 g/mol. The Bertz CT molecular complexity index is 1030. The Balaban J connectivity index is 1.35. The number of anilines is 2. The number of carbonyl (C=O) groups is 2. The van der Waals surface area contributed by atoms with E-state index in [2.05, 4.69) is 20.5 Å². The number of nitrogens with zero attached hydrogens (tertiary/aromatic N) is 3. The molecule has 1 fully saturated rings. The van der Waals surface area contributed by atoms with Crippen molar-refractivity contribution in [3.05, 3.63) is 59.7 Å². The molecular formula is C26H33N5O3. The predicted octanol–water partition coefficient (Wildman–Crippen LogP) is 3.71. The lowest BCUT2D eigenvalue weighted by Gasteiger charge is -2.35. The van der Waals surface area contributed by atoms with Crippen LogP contribution in [0.25, 0.3) is 0 Å². The third kappa shape index (κ3) is 5.68. The van der Waals surface area contributed by atoms with Gasteiger partial charge in [-0.25, -0.2) is 4.79 Å². The number of hydrogen-bond donors (Lipinski definition) is 2. The first-order valence-electron chi connectivity index (χ1n) is 12.0. The van der Waals surface area contributed by atoms with Crippen molar-refractivity contribution in [1.29, 1.82) is 0 Å². The van der Waals surface area contributed by atoms with E-state index in [-0.39, 0.29) is 17.8 Å². The van der Waals surface area contributed by atoms with Crippen LogP contribution in [0.3, 0.4) is 0 Å². The SMILES string of the molecule is CCCOC(=O)N1CCN(c2ccc(C(=O)C(C)c3cccc(NC4=NCCN4)c3)cc2)CC1. The summed E-state index contributed by atoms with van der Waals surface area (Å²) in [4.78, 5) is 33.6. The number of amides is 1. The van der Waals surface area contributed by atoms with Crippen LogP contribution in [0, 0.1) is 0 Å². The molecule has 1 saturated heterocycles. The first-order valence-corrected chi connectivity index (χ1v) is 12.0. The maximum absolute atomic E-state index is 13.2. The van der Waals surface area contributed by atoms with Gasteiger partial charge in [-0.2, -0.15) is 0 Å². The zero-order valence-corrected chi connectivity index (χ0v) is 19.9. The van der Waals surface area contributed by atoms with Crippen molar-refractivity contribution in [1.82, 2.24) is 10.2 Å². The molecule has 2 aromatic rings. The van der Waals surface area contributed by atoms with Crippen LogP contribution < -0.4 is 15.5 Å². The molecule has 2 N–H and O–H groups in total. The number of aliphatic imine (C=N–C) groups is 1. The molecule has 2 heterocycles. The summed E-state index contributed by atoms with van der Waals surface area (Å²) in [7, 11) is 0. The quantitative estimate of drug-likeness (QED) is 0.609. The third-order valence-corrected chi connectivity index (χ3v) is 6.20. The Kier molecular flexibility index (Phi) is 7.67. The van der Waals surface area contributed by atoms with E-state index in [0.29, 0.717) is 25.3 Å². The number of piperazine rings is 1. The van der Waals surface area contributed by atoms with Crippen molar-refractivity contribution in [2.45, 2.75) is 26.2 Å². The van der Waals surface area contributed by atoms with E-state index in [4.69, 9.17) is 4.74 Å². The van der Waals surface area contributed by atoms with Gasteiger partial charge >= 0.3 is 6.09 Å². The summed E-state index contributed by atoms with van der Waals surface area (Å²) in [6, 6.07) is 15.7. The van der Waals surface area contributed by atoms with Crippen molar-refractivity contribution in [2.75, 3.05) is 56.1 Å². The molecule has 0 spiro atoms. The molecule has 8 heteroatoms. The van der Waals surface area contributed by atoms with Gasteiger partial charge in [-0.05, 0) is 48.4 Å². The Morgan fingerprint density at radius 2 is 1.88 bits per heavy atom. The van der Waals surface area contributed by atoms with Crippen LogP contribution >= 0.6 is 0 Å². The summed E-state index contributed by atoms with van der Waals surface area (Å²) < 4.78 is 5.23. The molecule has 2 aromatic carbocycles. The molecule has 2 aliphatic heterocycles. The van der Waals surface area contributed by atoms with E-state index in [0.717, 1.165) is 55.5 Å². The Morgan fingerprint density at radius 3 is 2.56 bits per heavy atom. The Hall–Kier alpha value is -3.55. The highest BCUT2D eigenvalue weighted by Gasteiger charge is 2.23. The van der Waals surface area contributed by atoms with Crippen LogP contribution in [-0.4, -0.2) is 68.6 Å². The maximum atomic E-state index is 13.2. The number of rotatable bonds is 7. The van der Waals surface area contributed by atoms with Gasteiger partial charge in [0.25, 0.3) is 0 Å². The minimum absolute atomic E-state index is 0.0866. The molecule has 1 unspecified atom stereocenters.